The number of nitrogens with zero attached hydrogens (tertiary/aromatic N) is 1. The van der Waals surface area contributed by atoms with Crippen LogP contribution in [0.3, 0.4) is 0 Å². The molecule has 2 amide bonds. The van der Waals surface area contributed by atoms with Crippen LogP contribution in [0.5, 0.6) is 11.5 Å². The van der Waals surface area contributed by atoms with E-state index in [-0.39, 0.29) is 18.4 Å². The van der Waals surface area contributed by atoms with Crippen LogP contribution in [0.4, 0.5) is 5.69 Å². The fraction of sp³-hybridized carbons (Fsp3) is 0.233. The molecule has 0 spiro atoms. The van der Waals surface area contributed by atoms with E-state index in [0.29, 0.717) is 33.9 Å². The van der Waals surface area contributed by atoms with Crippen molar-refractivity contribution in [3.63, 3.8) is 0 Å². The first-order chi connectivity index (χ1) is 18.3. The average molecular weight is 547 g/mol. The standard InChI is InChI=1S/C30H30N2O4S2/c1-4-35-26-17-23(10-11-25(26)36-19-28(33)31-24-15-20(2)14-21(3)16-24)18-27-29(34)32(30(37)38-27)13-12-22-8-6-5-7-9-22/h5-11,14-18H,4,12-13,19H2,1-3H3,(H,31,33)/b27-18-. The number of thioether (sulfide) groups is 1. The Kier molecular flexibility index (Phi) is 9.20. The number of amides is 2. The molecule has 0 unspecified atom stereocenters. The van der Waals surface area contributed by atoms with Crippen molar-refractivity contribution < 1.29 is 19.1 Å². The Hall–Kier alpha value is -3.62. The van der Waals surface area contributed by atoms with Gasteiger partial charge < -0.3 is 14.8 Å². The molecule has 3 aromatic carbocycles. The van der Waals surface area contributed by atoms with Crippen LogP contribution in [0.25, 0.3) is 6.08 Å². The van der Waals surface area contributed by atoms with Gasteiger partial charge in [-0.05, 0) is 79.8 Å². The van der Waals surface area contributed by atoms with Gasteiger partial charge in [0.25, 0.3) is 11.8 Å². The number of carbonyl (C=O) groups excluding carboxylic acids is 2. The zero-order valence-electron chi connectivity index (χ0n) is 21.7. The third-order valence-corrected chi connectivity index (χ3v) is 7.15. The Labute approximate surface area is 233 Å². The first-order valence-corrected chi connectivity index (χ1v) is 13.6. The predicted octanol–water partition coefficient (Wildman–Crippen LogP) is 6.16. The minimum absolute atomic E-state index is 0.0997. The van der Waals surface area contributed by atoms with E-state index in [0.717, 1.165) is 34.4 Å². The molecule has 1 aliphatic heterocycles. The molecule has 0 radical (unpaired) electrons. The molecule has 196 valence electrons. The average Bonchev–Trinajstić information content (AvgIpc) is 3.14. The number of hydrogen-bond donors (Lipinski definition) is 1. The van der Waals surface area contributed by atoms with E-state index >= 15 is 0 Å². The maximum Gasteiger partial charge on any atom is 0.266 e. The van der Waals surface area contributed by atoms with E-state index in [1.54, 1.807) is 23.1 Å². The highest BCUT2D eigenvalue weighted by molar-refractivity contribution is 8.26. The quantitative estimate of drug-likeness (QED) is 0.243. The third kappa shape index (κ3) is 7.24. The van der Waals surface area contributed by atoms with Gasteiger partial charge in [-0.3, -0.25) is 14.5 Å². The summed E-state index contributed by atoms with van der Waals surface area (Å²) < 4.78 is 12.1. The number of hydrogen-bond acceptors (Lipinski definition) is 6. The lowest BCUT2D eigenvalue weighted by Gasteiger charge is -2.14. The van der Waals surface area contributed by atoms with Crippen molar-refractivity contribution in [3.05, 3.63) is 93.9 Å². The summed E-state index contributed by atoms with van der Waals surface area (Å²) in [6, 6.07) is 21.3. The number of thiocarbonyl (C=S) groups is 1. The second-order valence-electron chi connectivity index (χ2n) is 8.92. The largest absolute Gasteiger partial charge is 0.490 e. The van der Waals surface area contributed by atoms with Crippen LogP contribution >= 0.6 is 24.0 Å². The van der Waals surface area contributed by atoms with Crippen LogP contribution < -0.4 is 14.8 Å². The number of rotatable bonds is 10. The highest BCUT2D eigenvalue weighted by Crippen LogP contribution is 2.35. The summed E-state index contributed by atoms with van der Waals surface area (Å²) in [5.74, 6) is 0.591. The maximum absolute atomic E-state index is 13.0. The molecule has 0 aliphatic carbocycles. The van der Waals surface area contributed by atoms with Crippen molar-refractivity contribution in [2.24, 2.45) is 0 Å². The normalized spacial score (nSPS) is 14.2. The molecule has 1 N–H and O–H groups in total. The van der Waals surface area contributed by atoms with Gasteiger partial charge in [-0.2, -0.15) is 0 Å². The fourth-order valence-corrected chi connectivity index (χ4v) is 5.43. The second kappa shape index (κ2) is 12.8. The zero-order chi connectivity index (χ0) is 27.1. The van der Waals surface area contributed by atoms with E-state index in [1.165, 1.54) is 11.8 Å². The third-order valence-electron chi connectivity index (χ3n) is 5.77. The van der Waals surface area contributed by atoms with Gasteiger partial charge in [0.1, 0.15) is 4.32 Å². The van der Waals surface area contributed by atoms with E-state index < -0.39 is 0 Å². The summed E-state index contributed by atoms with van der Waals surface area (Å²) >= 11 is 6.77. The maximum atomic E-state index is 13.0. The van der Waals surface area contributed by atoms with Crippen molar-refractivity contribution in [1.82, 2.24) is 4.90 Å². The van der Waals surface area contributed by atoms with Gasteiger partial charge in [-0.15, -0.1) is 0 Å². The highest BCUT2D eigenvalue weighted by atomic mass is 32.2. The number of anilines is 1. The molecule has 3 aromatic rings. The van der Waals surface area contributed by atoms with Crippen molar-refractivity contribution in [3.8, 4) is 11.5 Å². The van der Waals surface area contributed by atoms with Crippen LogP contribution in [0.2, 0.25) is 0 Å². The van der Waals surface area contributed by atoms with E-state index in [4.69, 9.17) is 21.7 Å². The zero-order valence-corrected chi connectivity index (χ0v) is 23.3. The minimum Gasteiger partial charge on any atom is -0.490 e. The minimum atomic E-state index is -0.263. The number of ether oxygens (including phenoxy) is 2. The molecule has 8 heteroatoms. The van der Waals surface area contributed by atoms with Crippen LogP contribution in [0.1, 0.15) is 29.2 Å². The van der Waals surface area contributed by atoms with E-state index in [2.05, 4.69) is 5.32 Å². The fourth-order valence-electron chi connectivity index (χ4n) is 4.12. The monoisotopic (exact) mass is 546 g/mol. The lowest BCUT2D eigenvalue weighted by Crippen LogP contribution is -2.30. The molecule has 4 rings (SSSR count). The Bertz CT molecular complexity index is 1350. The van der Waals surface area contributed by atoms with Crippen molar-refractivity contribution >= 4 is 51.9 Å². The second-order valence-corrected chi connectivity index (χ2v) is 10.6. The predicted molar refractivity (Wildman–Crippen MR) is 158 cm³/mol. The van der Waals surface area contributed by atoms with E-state index in [9.17, 15) is 9.59 Å². The van der Waals surface area contributed by atoms with Crippen molar-refractivity contribution in [2.75, 3.05) is 25.1 Å². The number of aryl methyl sites for hydroxylation is 2. The van der Waals surface area contributed by atoms with Crippen LogP contribution in [0.15, 0.2) is 71.6 Å². The molecule has 38 heavy (non-hydrogen) atoms. The summed E-state index contributed by atoms with van der Waals surface area (Å²) in [5, 5.41) is 2.87. The van der Waals surface area contributed by atoms with Crippen LogP contribution in [-0.4, -0.2) is 40.8 Å². The Morgan fingerprint density at radius 1 is 1.00 bits per heavy atom. The molecule has 0 saturated carbocycles. The molecule has 1 fully saturated rings. The molecule has 0 bridgehead atoms. The van der Waals surface area contributed by atoms with Crippen molar-refractivity contribution in [1.29, 1.82) is 0 Å². The topological polar surface area (TPSA) is 67.9 Å². The van der Waals surface area contributed by atoms with Gasteiger partial charge in [-0.25, -0.2) is 0 Å². The van der Waals surface area contributed by atoms with Gasteiger partial charge in [0, 0.05) is 12.2 Å². The Morgan fingerprint density at radius 2 is 1.74 bits per heavy atom. The molecule has 6 nitrogen and oxygen atoms in total. The molecule has 1 saturated heterocycles. The van der Waals surface area contributed by atoms with Gasteiger partial charge >= 0.3 is 0 Å². The Balaban J connectivity index is 1.41. The molecular weight excluding hydrogens is 516 g/mol. The first-order valence-electron chi connectivity index (χ1n) is 12.4. The Morgan fingerprint density at radius 3 is 2.45 bits per heavy atom. The number of nitrogens with one attached hydrogen (secondary N) is 1. The van der Waals surface area contributed by atoms with Crippen LogP contribution in [-0.2, 0) is 16.0 Å². The lowest BCUT2D eigenvalue weighted by atomic mass is 10.1. The lowest BCUT2D eigenvalue weighted by molar-refractivity contribution is -0.122. The summed E-state index contributed by atoms with van der Waals surface area (Å²) in [6.45, 7) is 6.65. The van der Waals surface area contributed by atoms with Gasteiger partial charge in [0.05, 0.1) is 11.5 Å². The molecular formula is C30H30N2O4S2. The van der Waals surface area contributed by atoms with Gasteiger partial charge in [0.15, 0.2) is 18.1 Å². The SMILES string of the molecule is CCOc1cc(/C=C2\SC(=S)N(CCc3ccccc3)C2=O)ccc1OCC(=O)Nc1cc(C)cc(C)c1. The molecule has 1 aliphatic rings. The molecule has 0 aromatic heterocycles. The molecule has 1 heterocycles. The smallest absolute Gasteiger partial charge is 0.266 e. The van der Waals surface area contributed by atoms with Gasteiger partial charge in [-0.1, -0.05) is 66.4 Å². The van der Waals surface area contributed by atoms with Crippen LogP contribution in [0, 0.1) is 13.8 Å². The summed E-state index contributed by atoms with van der Waals surface area (Å²) in [4.78, 5) is 27.7. The molecule has 0 atom stereocenters. The summed E-state index contributed by atoms with van der Waals surface area (Å²) in [6.07, 6.45) is 2.54. The highest BCUT2D eigenvalue weighted by Gasteiger charge is 2.31. The van der Waals surface area contributed by atoms with Crippen molar-refractivity contribution in [2.45, 2.75) is 27.2 Å². The summed E-state index contributed by atoms with van der Waals surface area (Å²) in [7, 11) is 0. The number of benzene rings is 3. The number of carbonyl (C=O) groups is 2. The van der Waals surface area contributed by atoms with Gasteiger partial charge in [0.2, 0.25) is 0 Å². The first kappa shape index (κ1) is 27.4. The van der Waals surface area contributed by atoms with E-state index in [1.807, 2.05) is 75.4 Å². The summed E-state index contributed by atoms with van der Waals surface area (Å²) in [5.41, 5.74) is 4.82.